The summed E-state index contributed by atoms with van der Waals surface area (Å²) in [6.07, 6.45) is 4.21. The number of aromatic nitrogens is 3. The molecule has 1 fully saturated rings. The Kier molecular flexibility index (Phi) is 5.25. The van der Waals surface area contributed by atoms with Gasteiger partial charge in [0.25, 0.3) is 0 Å². The molecule has 1 N–H and O–H groups in total. The number of carbonyl (C=O) groups excluding carboxylic acids is 1. The number of pyridine rings is 1. The van der Waals surface area contributed by atoms with Gasteiger partial charge in [-0.1, -0.05) is 29.8 Å². The molecular formula is C23H25N5O. The molecule has 1 atom stereocenters. The molecule has 1 aliphatic heterocycles. The Morgan fingerprint density at radius 3 is 2.48 bits per heavy atom. The molecular weight excluding hydrogens is 362 g/mol. The second-order valence-corrected chi connectivity index (χ2v) is 7.57. The third-order valence-corrected chi connectivity index (χ3v) is 5.43. The van der Waals surface area contributed by atoms with Crippen molar-refractivity contribution in [1.82, 2.24) is 19.9 Å². The van der Waals surface area contributed by atoms with E-state index < -0.39 is 0 Å². The first-order valence-electron chi connectivity index (χ1n) is 9.88. The summed E-state index contributed by atoms with van der Waals surface area (Å²) in [5.41, 5.74) is 5.15. The van der Waals surface area contributed by atoms with Crippen LogP contribution in [-0.2, 0) is 11.3 Å². The average molecular weight is 387 g/mol. The highest BCUT2D eigenvalue weighted by molar-refractivity contribution is 5.86. The number of carbonyl (C=O) groups is 1. The molecule has 3 heterocycles. The van der Waals surface area contributed by atoms with E-state index >= 15 is 0 Å². The van der Waals surface area contributed by atoms with E-state index in [-0.39, 0.29) is 11.9 Å². The number of benzene rings is 1. The lowest BCUT2D eigenvalue weighted by Gasteiger charge is -2.19. The van der Waals surface area contributed by atoms with Gasteiger partial charge in [-0.25, -0.2) is 9.97 Å². The smallest absolute Gasteiger partial charge is 0.245 e. The zero-order chi connectivity index (χ0) is 20.4. The summed E-state index contributed by atoms with van der Waals surface area (Å²) < 4.78 is 0. The van der Waals surface area contributed by atoms with E-state index in [4.69, 9.17) is 4.98 Å². The largest absolute Gasteiger partial charge is 0.358 e. The first kappa shape index (κ1) is 19.1. The first-order valence-corrected chi connectivity index (χ1v) is 9.88. The van der Waals surface area contributed by atoms with Crippen molar-refractivity contribution in [1.29, 1.82) is 0 Å². The molecule has 6 nitrogen and oxygen atoms in total. The van der Waals surface area contributed by atoms with Gasteiger partial charge in [-0.15, -0.1) is 0 Å². The molecule has 0 saturated carbocycles. The second kappa shape index (κ2) is 7.99. The van der Waals surface area contributed by atoms with Crippen LogP contribution in [0.1, 0.15) is 28.8 Å². The van der Waals surface area contributed by atoms with Crippen LogP contribution in [0.4, 0.5) is 5.82 Å². The fraction of sp³-hybridized carbons (Fsp3) is 0.304. The molecule has 1 unspecified atom stereocenters. The van der Waals surface area contributed by atoms with Crippen molar-refractivity contribution in [3.8, 4) is 11.4 Å². The number of amides is 1. The molecule has 4 rings (SSSR count). The Labute approximate surface area is 171 Å². The summed E-state index contributed by atoms with van der Waals surface area (Å²) in [6, 6.07) is 11.8. The minimum atomic E-state index is -0.265. The zero-order valence-corrected chi connectivity index (χ0v) is 17.0. The molecule has 148 valence electrons. The van der Waals surface area contributed by atoms with Gasteiger partial charge in [0.1, 0.15) is 11.9 Å². The Morgan fingerprint density at radius 2 is 1.76 bits per heavy atom. The van der Waals surface area contributed by atoms with Crippen LogP contribution in [-0.4, -0.2) is 38.3 Å². The van der Waals surface area contributed by atoms with Crippen molar-refractivity contribution in [2.75, 3.05) is 11.9 Å². The van der Waals surface area contributed by atoms with E-state index in [0.717, 1.165) is 41.2 Å². The summed E-state index contributed by atoms with van der Waals surface area (Å²) in [4.78, 5) is 28.2. The number of nitrogens with zero attached hydrogens (tertiary/aromatic N) is 4. The first-order chi connectivity index (χ1) is 14.0. The van der Waals surface area contributed by atoms with Gasteiger partial charge in [-0.05, 0) is 44.9 Å². The Balaban J connectivity index is 1.51. The molecule has 0 spiro atoms. The third-order valence-electron chi connectivity index (χ3n) is 5.43. The minimum absolute atomic E-state index is 0.117. The van der Waals surface area contributed by atoms with Crippen LogP contribution in [0.2, 0.25) is 0 Å². The van der Waals surface area contributed by atoms with Gasteiger partial charge < -0.3 is 10.2 Å². The number of hydrogen-bond acceptors (Lipinski definition) is 5. The number of likely N-dealkylation sites (tertiary alicyclic amines) is 1. The topological polar surface area (TPSA) is 71.0 Å². The average Bonchev–Trinajstić information content (AvgIpc) is 3.07. The molecule has 29 heavy (non-hydrogen) atoms. The highest BCUT2D eigenvalue weighted by atomic mass is 16.2. The van der Waals surface area contributed by atoms with E-state index in [1.54, 1.807) is 12.4 Å². The Hall–Kier alpha value is -3.28. The van der Waals surface area contributed by atoms with Crippen LogP contribution in [0.15, 0.2) is 48.8 Å². The highest BCUT2D eigenvalue weighted by Crippen LogP contribution is 2.24. The van der Waals surface area contributed by atoms with Gasteiger partial charge >= 0.3 is 0 Å². The highest BCUT2D eigenvalue weighted by Gasteiger charge is 2.32. The molecule has 1 aromatic carbocycles. The van der Waals surface area contributed by atoms with E-state index in [0.29, 0.717) is 12.4 Å². The van der Waals surface area contributed by atoms with Crippen LogP contribution in [0.5, 0.6) is 0 Å². The fourth-order valence-corrected chi connectivity index (χ4v) is 3.51. The Bertz CT molecular complexity index is 1020. The van der Waals surface area contributed by atoms with Gasteiger partial charge in [0.2, 0.25) is 5.91 Å². The van der Waals surface area contributed by atoms with Gasteiger partial charge in [0.05, 0.1) is 0 Å². The van der Waals surface area contributed by atoms with Crippen molar-refractivity contribution in [2.24, 2.45) is 0 Å². The number of anilines is 1. The molecule has 0 aliphatic carbocycles. The van der Waals surface area contributed by atoms with Crippen LogP contribution in [0.3, 0.4) is 0 Å². The lowest BCUT2D eigenvalue weighted by molar-refractivity contribution is -0.128. The lowest BCUT2D eigenvalue weighted by atomic mass is 10.1. The van der Waals surface area contributed by atoms with Crippen molar-refractivity contribution in [3.63, 3.8) is 0 Å². The SMILES string of the molecule is Cc1ccc(CN2CCC(Nc3nc(-c4ccncc4)nc(C)c3C)C2=O)cc1. The van der Waals surface area contributed by atoms with E-state index in [9.17, 15) is 4.79 Å². The molecule has 1 saturated heterocycles. The van der Waals surface area contributed by atoms with Crippen molar-refractivity contribution < 1.29 is 4.79 Å². The standard InChI is InChI=1S/C23H25N5O/c1-15-4-6-18(7-5-15)14-28-13-10-20(23(28)29)26-21-16(2)17(3)25-22(27-21)19-8-11-24-12-9-19/h4-9,11-12,20H,10,13-14H2,1-3H3,(H,25,26,27). The van der Waals surface area contributed by atoms with E-state index in [1.165, 1.54) is 5.56 Å². The predicted molar refractivity (Wildman–Crippen MR) is 113 cm³/mol. The van der Waals surface area contributed by atoms with Crippen molar-refractivity contribution in [2.45, 2.75) is 39.8 Å². The van der Waals surface area contributed by atoms with Gasteiger partial charge in [0.15, 0.2) is 5.82 Å². The molecule has 1 aliphatic rings. The van der Waals surface area contributed by atoms with Crippen molar-refractivity contribution in [3.05, 3.63) is 71.2 Å². The molecule has 1 amide bonds. The zero-order valence-electron chi connectivity index (χ0n) is 17.0. The van der Waals surface area contributed by atoms with Gasteiger partial charge in [0, 0.05) is 42.3 Å². The maximum absolute atomic E-state index is 12.9. The quantitative estimate of drug-likeness (QED) is 0.723. The molecule has 3 aromatic rings. The van der Waals surface area contributed by atoms with Crippen LogP contribution >= 0.6 is 0 Å². The number of nitrogens with one attached hydrogen (secondary N) is 1. The third kappa shape index (κ3) is 4.11. The maximum atomic E-state index is 12.9. The molecule has 0 bridgehead atoms. The van der Waals surface area contributed by atoms with E-state index in [2.05, 4.69) is 46.5 Å². The van der Waals surface area contributed by atoms with Crippen molar-refractivity contribution >= 4 is 11.7 Å². The normalized spacial score (nSPS) is 16.3. The summed E-state index contributed by atoms with van der Waals surface area (Å²) in [5.74, 6) is 1.48. The minimum Gasteiger partial charge on any atom is -0.358 e. The maximum Gasteiger partial charge on any atom is 0.245 e. The van der Waals surface area contributed by atoms with Gasteiger partial charge in [-0.3, -0.25) is 9.78 Å². The van der Waals surface area contributed by atoms with Crippen LogP contribution < -0.4 is 5.32 Å². The summed E-state index contributed by atoms with van der Waals surface area (Å²) >= 11 is 0. The lowest BCUT2D eigenvalue weighted by Crippen LogP contribution is -2.33. The monoisotopic (exact) mass is 387 g/mol. The summed E-state index contributed by atoms with van der Waals surface area (Å²) in [5, 5.41) is 3.38. The number of aryl methyl sites for hydroxylation is 2. The molecule has 2 aromatic heterocycles. The van der Waals surface area contributed by atoms with Crippen LogP contribution in [0.25, 0.3) is 11.4 Å². The molecule has 6 heteroatoms. The second-order valence-electron chi connectivity index (χ2n) is 7.57. The van der Waals surface area contributed by atoms with E-state index in [1.807, 2.05) is 30.9 Å². The number of hydrogen-bond donors (Lipinski definition) is 1. The number of rotatable bonds is 5. The Morgan fingerprint density at radius 1 is 1.03 bits per heavy atom. The summed E-state index contributed by atoms with van der Waals surface area (Å²) in [6.45, 7) is 7.40. The van der Waals surface area contributed by atoms with Crippen LogP contribution in [0, 0.1) is 20.8 Å². The molecule has 0 radical (unpaired) electrons. The predicted octanol–water partition coefficient (Wildman–Crippen LogP) is 3.68. The van der Waals surface area contributed by atoms with Gasteiger partial charge in [-0.2, -0.15) is 0 Å². The summed E-state index contributed by atoms with van der Waals surface area (Å²) in [7, 11) is 0. The fourth-order valence-electron chi connectivity index (χ4n) is 3.51.